The molecular weight excluding hydrogens is 427 g/mol. The van der Waals surface area contributed by atoms with E-state index in [-0.39, 0.29) is 23.5 Å². The molecule has 176 valence electrons. The van der Waals surface area contributed by atoms with Gasteiger partial charge in [0, 0.05) is 11.6 Å². The lowest BCUT2D eigenvalue weighted by atomic mass is 9.77. The summed E-state index contributed by atoms with van der Waals surface area (Å²) < 4.78 is 47.9. The summed E-state index contributed by atoms with van der Waals surface area (Å²) in [6.07, 6.45) is -3.37. The van der Waals surface area contributed by atoms with Crippen molar-refractivity contribution in [1.82, 2.24) is 15.5 Å². The van der Waals surface area contributed by atoms with Crippen molar-refractivity contribution in [2.45, 2.75) is 70.9 Å². The maximum atomic E-state index is 14.1. The molecule has 1 aromatic carbocycles. The summed E-state index contributed by atoms with van der Waals surface area (Å²) in [4.78, 5) is 39.0. The van der Waals surface area contributed by atoms with E-state index >= 15 is 0 Å². The van der Waals surface area contributed by atoms with Gasteiger partial charge in [-0.05, 0) is 56.4 Å². The molecule has 3 rings (SSSR count). The molecule has 4 amide bonds. The van der Waals surface area contributed by atoms with Crippen LogP contribution in [0, 0.1) is 11.8 Å². The van der Waals surface area contributed by atoms with Gasteiger partial charge in [0.25, 0.3) is 17.5 Å². The molecule has 1 aromatic rings. The van der Waals surface area contributed by atoms with E-state index in [4.69, 9.17) is 4.74 Å². The van der Waals surface area contributed by atoms with Crippen LogP contribution >= 0.6 is 0 Å². The smallest absolute Gasteiger partial charge is 0.440 e. The van der Waals surface area contributed by atoms with Crippen LogP contribution in [0.25, 0.3) is 0 Å². The van der Waals surface area contributed by atoms with Crippen LogP contribution in [-0.4, -0.2) is 46.7 Å². The van der Waals surface area contributed by atoms with Crippen LogP contribution in [0.4, 0.5) is 18.0 Å². The second-order valence-corrected chi connectivity index (χ2v) is 8.83. The number of ether oxygens (including phenoxy) is 1. The van der Waals surface area contributed by atoms with Gasteiger partial charge in [-0.15, -0.1) is 0 Å². The Hall–Kier alpha value is -2.78. The second kappa shape index (κ2) is 8.63. The lowest BCUT2D eigenvalue weighted by molar-refractivity contribution is -0.201. The summed E-state index contributed by atoms with van der Waals surface area (Å²) >= 11 is 0. The van der Waals surface area contributed by atoms with Crippen LogP contribution in [0.1, 0.15) is 57.3 Å². The Morgan fingerprint density at radius 1 is 1.19 bits per heavy atom. The van der Waals surface area contributed by atoms with Crippen LogP contribution < -0.4 is 15.4 Å². The number of carbonyl (C=O) groups excluding carboxylic acids is 3. The fourth-order valence-electron chi connectivity index (χ4n) is 4.31. The first-order valence-corrected chi connectivity index (χ1v) is 10.7. The molecule has 32 heavy (non-hydrogen) atoms. The SMILES string of the molecule is CC(C)Oc1ccc(C(=O)NC2(C(F)(F)F)NC(=O)N(C3CCCC(C)C3C)C2=O)cc1. The molecule has 1 aliphatic carbocycles. The molecule has 1 saturated heterocycles. The largest absolute Gasteiger partial charge is 0.491 e. The lowest BCUT2D eigenvalue weighted by Crippen LogP contribution is -2.69. The third-order valence-electron chi connectivity index (χ3n) is 6.26. The van der Waals surface area contributed by atoms with E-state index in [2.05, 4.69) is 0 Å². The first-order chi connectivity index (χ1) is 14.9. The summed E-state index contributed by atoms with van der Waals surface area (Å²) in [5, 5.41) is 3.49. The molecule has 2 aliphatic rings. The number of alkyl halides is 3. The van der Waals surface area contributed by atoms with Gasteiger partial charge in [0.05, 0.1) is 6.10 Å². The molecule has 1 aliphatic heterocycles. The number of hydrogen-bond donors (Lipinski definition) is 2. The maximum absolute atomic E-state index is 14.1. The number of nitrogens with zero attached hydrogens (tertiary/aromatic N) is 1. The van der Waals surface area contributed by atoms with Gasteiger partial charge >= 0.3 is 12.2 Å². The molecule has 2 N–H and O–H groups in total. The van der Waals surface area contributed by atoms with E-state index in [1.54, 1.807) is 10.6 Å². The summed E-state index contributed by atoms with van der Waals surface area (Å²) in [5.41, 5.74) is -3.63. The number of rotatable bonds is 5. The van der Waals surface area contributed by atoms with E-state index in [9.17, 15) is 27.6 Å². The molecule has 2 fully saturated rings. The van der Waals surface area contributed by atoms with Crippen LogP contribution in [-0.2, 0) is 4.79 Å². The predicted molar refractivity (Wildman–Crippen MR) is 110 cm³/mol. The van der Waals surface area contributed by atoms with Gasteiger partial charge < -0.3 is 10.1 Å². The molecular formula is C22H28F3N3O4. The van der Waals surface area contributed by atoms with Crippen LogP contribution in [0.15, 0.2) is 24.3 Å². The minimum Gasteiger partial charge on any atom is -0.491 e. The van der Waals surface area contributed by atoms with Crippen LogP contribution in [0.2, 0.25) is 0 Å². The van der Waals surface area contributed by atoms with Crippen molar-refractivity contribution in [3.8, 4) is 5.75 Å². The van der Waals surface area contributed by atoms with E-state index in [1.165, 1.54) is 24.3 Å². The molecule has 4 atom stereocenters. The Morgan fingerprint density at radius 3 is 2.38 bits per heavy atom. The summed E-state index contributed by atoms with van der Waals surface area (Å²) in [6, 6.07) is 3.66. The quantitative estimate of drug-likeness (QED) is 0.661. The van der Waals surface area contributed by atoms with Gasteiger partial charge in [-0.1, -0.05) is 26.7 Å². The zero-order valence-corrected chi connectivity index (χ0v) is 18.5. The Balaban J connectivity index is 1.88. The Morgan fingerprint density at radius 2 is 1.81 bits per heavy atom. The van der Waals surface area contributed by atoms with Crippen molar-refractivity contribution in [3.05, 3.63) is 29.8 Å². The number of carbonyl (C=O) groups is 3. The van der Waals surface area contributed by atoms with Gasteiger partial charge in [0.1, 0.15) is 5.75 Å². The van der Waals surface area contributed by atoms with Gasteiger partial charge in [0.2, 0.25) is 0 Å². The molecule has 1 saturated carbocycles. The summed E-state index contributed by atoms with van der Waals surface area (Å²) in [5.74, 6) is -2.21. The minimum atomic E-state index is -5.24. The molecule has 7 nitrogen and oxygen atoms in total. The van der Waals surface area contributed by atoms with Crippen LogP contribution in [0.3, 0.4) is 0 Å². The second-order valence-electron chi connectivity index (χ2n) is 8.83. The van der Waals surface area contributed by atoms with Crippen molar-refractivity contribution >= 4 is 17.8 Å². The van der Waals surface area contributed by atoms with Crippen molar-refractivity contribution in [3.63, 3.8) is 0 Å². The summed E-state index contributed by atoms with van der Waals surface area (Å²) in [7, 11) is 0. The molecule has 0 spiro atoms. The minimum absolute atomic E-state index is 0.107. The zero-order valence-electron chi connectivity index (χ0n) is 18.5. The monoisotopic (exact) mass is 455 g/mol. The lowest BCUT2D eigenvalue weighted by Gasteiger charge is -2.38. The van der Waals surface area contributed by atoms with Crippen molar-refractivity contribution in [2.24, 2.45) is 11.8 Å². The van der Waals surface area contributed by atoms with E-state index in [1.807, 2.05) is 27.7 Å². The normalized spacial score (nSPS) is 28.6. The van der Waals surface area contributed by atoms with Gasteiger partial charge in [-0.3, -0.25) is 19.8 Å². The Bertz CT molecular complexity index is 887. The molecule has 1 heterocycles. The Labute approximate surface area is 184 Å². The highest BCUT2D eigenvalue weighted by molar-refractivity contribution is 6.10. The third kappa shape index (κ3) is 4.27. The number of amides is 4. The molecule has 0 radical (unpaired) electrons. The predicted octanol–water partition coefficient (Wildman–Crippen LogP) is 3.84. The van der Waals surface area contributed by atoms with Crippen LogP contribution in [0.5, 0.6) is 5.75 Å². The Kier molecular flexibility index (Phi) is 6.44. The number of imide groups is 1. The average molecular weight is 455 g/mol. The number of urea groups is 1. The number of hydrogen-bond acceptors (Lipinski definition) is 4. The van der Waals surface area contributed by atoms with E-state index in [0.29, 0.717) is 23.5 Å². The number of nitrogens with one attached hydrogen (secondary N) is 2. The molecule has 0 aromatic heterocycles. The van der Waals surface area contributed by atoms with Crippen molar-refractivity contribution < 1.29 is 32.3 Å². The highest BCUT2D eigenvalue weighted by Gasteiger charge is 2.69. The fraction of sp³-hybridized carbons (Fsp3) is 0.591. The fourth-order valence-corrected chi connectivity index (χ4v) is 4.31. The zero-order chi connectivity index (χ0) is 23.8. The summed E-state index contributed by atoms with van der Waals surface area (Å²) in [6.45, 7) is 7.38. The van der Waals surface area contributed by atoms with Crippen molar-refractivity contribution in [2.75, 3.05) is 0 Å². The third-order valence-corrected chi connectivity index (χ3v) is 6.26. The number of benzene rings is 1. The molecule has 0 bridgehead atoms. The molecule has 4 unspecified atom stereocenters. The topological polar surface area (TPSA) is 87.7 Å². The van der Waals surface area contributed by atoms with Crippen molar-refractivity contribution in [1.29, 1.82) is 0 Å². The van der Waals surface area contributed by atoms with E-state index < -0.39 is 35.7 Å². The van der Waals surface area contributed by atoms with Gasteiger partial charge in [0.15, 0.2) is 0 Å². The standard InChI is InChI=1S/C22H28F3N3O4/c1-12(2)32-16-10-8-15(9-11-16)18(29)26-21(22(23,24)25)19(30)28(20(31)27-21)17-7-5-6-13(3)14(17)4/h8-14,17H,5-7H2,1-4H3,(H,26,29)(H,27,31). The first kappa shape index (κ1) is 23.9. The molecule has 10 heteroatoms. The average Bonchev–Trinajstić information content (AvgIpc) is 2.95. The van der Waals surface area contributed by atoms with E-state index in [0.717, 1.165) is 6.42 Å². The highest BCUT2D eigenvalue weighted by atomic mass is 19.4. The maximum Gasteiger partial charge on any atom is 0.440 e. The van der Waals surface area contributed by atoms with Gasteiger partial charge in [-0.25, -0.2) is 4.79 Å². The van der Waals surface area contributed by atoms with Gasteiger partial charge in [-0.2, -0.15) is 13.2 Å². The highest BCUT2D eigenvalue weighted by Crippen LogP contribution is 2.39. The first-order valence-electron chi connectivity index (χ1n) is 10.7. The number of halogens is 3.